The van der Waals surface area contributed by atoms with E-state index in [1.165, 1.54) is 19.2 Å². The van der Waals surface area contributed by atoms with Crippen molar-refractivity contribution in [2.24, 2.45) is 5.92 Å². The van der Waals surface area contributed by atoms with Crippen LogP contribution in [-0.2, 0) is 19.1 Å². The lowest BCUT2D eigenvalue weighted by molar-refractivity contribution is -0.147. The van der Waals surface area contributed by atoms with Gasteiger partial charge in [-0.1, -0.05) is 31.9 Å². The molecule has 1 amide bonds. The van der Waals surface area contributed by atoms with Crippen LogP contribution in [0.5, 0.6) is 5.75 Å². The van der Waals surface area contributed by atoms with Crippen LogP contribution in [0.25, 0.3) is 0 Å². The third-order valence-corrected chi connectivity index (χ3v) is 3.69. The zero-order chi connectivity index (χ0) is 18.3. The van der Waals surface area contributed by atoms with Crippen LogP contribution in [0.1, 0.15) is 36.2 Å². The van der Waals surface area contributed by atoms with E-state index in [-0.39, 0.29) is 17.2 Å². The lowest BCUT2D eigenvalue weighted by Gasteiger charge is -2.21. The Labute approximate surface area is 141 Å². The van der Waals surface area contributed by atoms with Crippen molar-refractivity contribution in [1.29, 1.82) is 0 Å². The van der Waals surface area contributed by atoms with Crippen molar-refractivity contribution in [3.63, 3.8) is 0 Å². The molecule has 0 unspecified atom stereocenters. The molecular weight excluding hydrogens is 314 g/mol. The highest BCUT2D eigenvalue weighted by Gasteiger charge is 2.27. The van der Waals surface area contributed by atoms with Crippen molar-refractivity contribution in [2.45, 2.75) is 33.2 Å². The molecule has 0 aliphatic heterocycles. The Morgan fingerprint density at radius 2 is 1.96 bits per heavy atom. The van der Waals surface area contributed by atoms with Crippen LogP contribution in [0, 0.1) is 12.8 Å². The molecule has 24 heavy (non-hydrogen) atoms. The van der Waals surface area contributed by atoms with Gasteiger partial charge in [-0.2, -0.15) is 0 Å². The van der Waals surface area contributed by atoms with E-state index in [9.17, 15) is 19.5 Å². The third-order valence-electron chi connectivity index (χ3n) is 3.69. The average molecular weight is 337 g/mol. The number of amides is 1. The van der Waals surface area contributed by atoms with E-state index in [0.29, 0.717) is 6.42 Å². The topological polar surface area (TPSA) is 102 Å². The molecule has 0 aliphatic rings. The lowest BCUT2D eigenvalue weighted by atomic mass is 9.99. The van der Waals surface area contributed by atoms with E-state index >= 15 is 0 Å². The number of benzene rings is 1. The predicted octanol–water partition coefficient (Wildman–Crippen LogP) is 1.56. The zero-order valence-electron chi connectivity index (χ0n) is 14.3. The molecule has 1 rings (SSSR count). The smallest absolute Gasteiger partial charge is 0.342 e. The number of aromatic hydroxyl groups is 1. The predicted molar refractivity (Wildman–Crippen MR) is 86.5 cm³/mol. The van der Waals surface area contributed by atoms with E-state index in [1.54, 1.807) is 19.9 Å². The fourth-order valence-electron chi connectivity index (χ4n) is 2.03. The Kier molecular flexibility index (Phi) is 7.23. The van der Waals surface area contributed by atoms with Crippen molar-refractivity contribution >= 4 is 17.8 Å². The normalized spacial score (nSPS) is 12.8. The summed E-state index contributed by atoms with van der Waals surface area (Å²) in [6.45, 7) is 4.89. The number of methoxy groups -OCH3 is 1. The summed E-state index contributed by atoms with van der Waals surface area (Å²) in [5, 5.41) is 12.2. The molecule has 132 valence electrons. The SMILES string of the molecule is CC[C@@H](C)[C@H](NC(=O)COC(=O)c1cc(C)ccc1O)C(=O)OC. The van der Waals surface area contributed by atoms with Crippen LogP contribution in [0.2, 0.25) is 0 Å². The van der Waals surface area contributed by atoms with Gasteiger partial charge in [0.2, 0.25) is 0 Å². The number of ether oxygens (including phenoxy) is 2. The minimum atomic E-state index is -0.815. The molecule has 0 bridgehead atoms. The lowest BCUT2D eigenvalue weighted by Crippen LogP contribution is -2.47. The van der Waals surface area contributed by atoms with Crippen molar-refractivity contribution < 1.29 is 29.0 Å². The average Bonchev–Trinajstić information content (AvgIpc) is 2.58. The maximum atomic E-state index is 11.9. The maximum Gasteiger partial charge on any atom is 0.342 e. The van der Waals surface area contributed by atoms with E-state index in [0.717, 1.165) is 5.56 Å². The highest BCUT2D eigenvalue weighted by molar-refractivity contribution is 5.94. The van der Waals surface area contributed by atoms with Crippen molar-refractivity contribution in [3.05, 3.63) is 29.3 Å². The minimum absolute atomic E-state index is 0.0192. The molecule has 0 heterocycles. The molecule has 7 heteroatoms. The van der Waals surface area contributed by atoms with Gasteiger partial charge < -0.3 is 19.9 Å². The summed E-state index contributed by atoms with van der Waals surface area (Å²) in [4.78, 5) is 35.6. The van der Waals surface area contributed by atoms with Gasteiger partial charge in [0, 0.05) is 0 Å². The fraction of sp³-hybridized carbons (Fsp3) is 0.471. The van der Waals surface area contributed by atoms with E-state index in [4.69, 9.17) is 4.74 Å². The number of carbonyl (C=O) groups excluding carboxylic acids is 3. The first-order chi connectivity index (χ1) is 11.3. The number of hydrogen-bond acceptors (Lipinski definition) is 6. The van der Waals surface area contributed by atoms with Gasteiger partial charge in [0.1, 0.15) is 17.4 Å². The molecule has 0 aliphatic carbocycles. The monoisotopic (exact) mass is 337 g/mol. The summed E-state index contributed by atoms with van der Waals surface area (Å²) in [5.74, 6) is -2.34. The number of aryl methyl sites for hydroxylation is 1. The molecule has 0 radical (unpaired) electrons. The van der Waals surface area contributed by atoms with Crippen LogP contribution in [0.4, 0.5) is 0 Å². The standard InChI is InChI=1S/C17H23NO6/c1-5-11(3)15(17(22)23-4)18-14(20)9-24-16(21)12-8-10(2)6-7-13(12)19/h6-8,11,15,19H,5,9H2,1-4H3,(H,18,20)/t11-,15+/m1/s1. The molecule has 0 aromatic heterocycles. The number of carbonyl (C=O) groups is 3. The number of hydrogen-bond donors (Lipinski definition) is 2. The molecule has 2 N–H and O–H groups in total. The second kappa shape index (κ2) is 8.90. The molecule has 7 nitrogen and oxygen atoms in total. The van der Waals surface area contributed by atoms with Gasteiger partial charge in [0.05, 0.1) is 7.11 Å². The molecular formula is C17H23NO6. The summed E-state index contributed by atoms with van der Waals surface area (Å²) in [7, 11) is 1.24. The van der Waals surface area contributed by atoms with E-state index in [2.05, 4.69) is 10.1 Å². The number of nitrogens with one attached hydrogen (secondary N) is 1. The summed E-state index contributed by atoms with van der Waals surface area (Å²) >= 11 is 0. The second-order valence-electron chi connectivity index (χ2n) is 5.55. The molecule has 1 aromatic carbocycles. The highest BCUT2D eigenvalue weighted by atomic mass is 16.5. The molecule has 0 fully saturated rings. The van der Waals surface area contributed by atoms with Gasteiger partial charge >= 0.3 is 11.9 Å². The van der Waals surface area contributed by atoms with Gasteiger partial charge in [-0.3, -0.25) is 4.79 Å². The number of phenolic OH excluding ortho intramolecular Hbond substituents is 1. The van der Waals surface area contributed by atoms with Gasteiger partial charge in [-0.25, -0.2) is 9.59 Å². The van der Waals surface area contributed by atoms with Crippen molar-refractivity contribution in [2.75, 3.05) is 13.7 Å². The van der Waals surface area contributed by atoms with Crippen molar-refractivity contribution in [1.82, 2.24) is 5.32 Å². The van der Waals surface area contributed by atoms with E-state index < -0.39 is 30.5 Å². The fourth-order valence-corrected chi connectivity index (χ4v) is 2.03. The second-order valence-corrected chi connectivity index (χ2v) is 5.55. The Hall–Kier alpha value is -2.57. The summed E-state index contributed by atoms with van der Waals surface area (Å²) in [6.07, 6.45) is 0.664. The maximum absolute atomic E-state index is 11.9. The third kappa shape index (κ3) is 5.26. The number of phenols is 1. The molecule has 0 saturated carbocycles. The Balaban J connectivity index is 2.66. The first-order valence-corrected chi connectivity index (χ1v) is 7.64. The minimum Gasteiger partial charge on any atom is -0.507 e. The van der Waals surface area contributed by atoms with E-state index in [1.807, 2.05) is 6.92 Å². The molecule has 0 saturated heterocycles. The summed E-state index contributed by atoms with van der Waals surface area (Å²) < 4.78 is 9.56. The Morgan fingerprint density at radius 3 is 2.54 bits per heavy atom. The first-order valence-electron chi connectivity index (χ1n) is 7.64. The van der Waals surface area contributed by atoms with Crippen LogP contribution in [0.15, 0.2) is 18.2 Å². The van der Waals surface area contributed by atoms with Gasteiger partial charge in [0.15, 0.2) is 6.61 Å². The van der Waals surface area contributed by atoms with Crippen molar-refractivity contribution in [3.8, 4) is 5.75 Å². The van der Waals surface area contributed by atoms with Gasteiger partial charge in [-0.15, -0.1) is 0 Å². The molecule has 0 spiro atoms. The molecule has 1 aromatic rings. The van der Waals surface area contributed by atoms with Crippen LogP contribution >= 0.6 is 0 Å². The van der Waals surface area contributed by atoms with Gasteiger partial charge in [-0.05, 0) is 25.0 Å². The number of esters is 2. The zero-order valence-corrected chi connectivity index (χ0v) is 14.3. The molecule has 2 atom stereocenters. The van der Waals surface area contributed by atoms with Gasteiger partial charge in [0.25, 0.3) is 5.91 Å². The van der Waals surface area contributed by atoms with Crippen LogP contribution < -0.4 is 5.32 Å². The Bertz CT molecular complexity index is 613. The largest absolute Gasteiger partial charge is 0.507 e. The van der Waals surface area contributed by atoms with Crippen LogP contribution in [0.3, 0.4) is 0 Å². The highest BCUT2D eigenvalue weighted by Crippen LogP contribution is 2.19. The quantitative estimate of drug-likeness (QED) is 0.732. The first kappa shape index (κ1) is 19.5. The van der Waals surface area contributed by atoms with Crippen LogP contribution in [-0.4, -0.2) is 42.7 Å². The summed E-state index contributed by atoms with van der Waals surface area (Å²) in [5.41, 5.74) is 0.751. The summed E-state index contributed by atoms with van der Waals surface area (Å²) in [6, 6.07) is 3.68. The number of rotatable bonds is 7. The Morgan fingerprint density at radius 1 is 1.29 bits per heavy atom.